The van der Waals surface area contributed by atoms with Gasteiger partial charge in [-0.2, -0.15) is 0 Å². The van der Waals surface area contributed by atoms with Crippen molar-refractivity contribution in [2.75, 3.05) is 20.3 Å². The maximum Gasteiger partial charge on any atom is 0.303 e. The molecule has 3 rings (SSSR count). The van der Waals surface area contributed by atoms with Gasteiger partial charge in [0, 0.05) is 48.7 Å². The van der Waals surface area contributed by atoms with E-state index in [-0.39, 0.29) is 6.61 Å². The van der Waals surface area contributed by atoms with Crippen LogP contribution in [-0.2, 0) is 87.5 Å². The van der Waals surface area contributed by atoms with Crippen molar-refractivity contribution in [1.82, 2.24) is 0 Å². The molecule has 0 radical (unpaired) electrons. The molecule has 0 unspecified atom stereocenters. The molecule has 1 aromatic rings. The number of hydrogen-bond acceptors (Lipinski definition) is 17. The molecule has 17 heteroatoms. The second-order valence-electron chi connectivity index (χ2n) is 11.1. The van der Waals surface area contributed by atoms with E-state index in [1.165, 1.54) is 14.0 Å². The van der Waals surface area contributed by atoms with Crippen LogP contribution in [0.4, 0.5) is 0 Å². The Morgan fingerprint density at radius 2 is 0.980 bits per heavy atom. The van der Waals surface area contributed by atoms with Crippen LogP contribution < -0.4 is 0 Å². The molecule has 0 spiro atoms. The van der Waals surface area contributed by atoms with E-state index in [4.69, 9.17) is 52.1 Å². The van der Waals surface area contributed by atoms with Gasteiger partial charge in [-0.15, -0.1) is 0 Å². The van der Waals surface area contributed by atoms with Crippen molar-refractivity contribution < 1.29 is 80.9 Å². The number of methoxy groups -OCH3 is 1. The van der Waals surface area contributed by atoms with Crippen LogP contribution >= 0.6 is 0 Å². The lowest BCUT2D eigenvalue weighted by molar-refractivity contribution is -0.335. The zero-order valence-electron chi connectivity index (χ0n) is 28.2. The number of ether oxygens (including phenoxy) is 11. The predicted octanol–water partition coefficient (Wildman–Crippen LogP) is 0.906. The normalized spacial score (nSPS) is 29.5. The first-order valence-electron chi connectivity index (χ1n) is 15.3. The maximum absolute atomic E-state index is 12.3. The molecule has 0 N–H and O–H groups in total. The van der Waals surface area contributed by atoms with Crippen molar-refractivity contribution in [1.29, 1.82) is 0 Å². The fourth-order valence-corrected chi connectivity index (χ4v) is 5.32. The number of esters is 6. The molecule has 0 aliphatic carbocycles. The van der Waals surface area contributed by atoms with E-state index in [2.05, 4.69) is 0 Å². The summed E-state index contributed by atoms with van der Waals surface area (Å²) in [5.74, 6) is -4.62. The summed E-state index contributed by atoms with van der Waals surface area (Å²) in [7, 11) is 1.33. The summed E-state index contributed by atoms with van der Waals surface area (Å²) >= 11 is 0. The van der Waals surface area contributed by atoms with Gasteiger partial charge in [-0.3, -0.25) is 28.8 Å². The van der Waals surface area contributed by atoms with E-state index in [9.17, 15) is 28.8 Å². The van der Waals surface area contributed by atoms with E-state index in [1.54, 1.807) is 0 Å². The maximum atomic E-state index is 12.3. The standard InChI is InChI=1S/C32H42O17/c1-16(33)40-14-23-26(44-18(3)35)28(46-20(5)37)30(47-21(6)38)32(49-23)42-15-24-25(43-17(2)34)27(45-19(4)36)29(31(39-7)48-24)41-13-22-11-9-8-10-12-22/h8-12,23-32H,13-15H2,1-7H3/t23-,24-,25-,26+,27+,28+,29-,30-,31+,32-/m1/s1. The number of rotatable bonds is 14. The van der Waals surface area contributed by atoms with Gasteiger partial charge in [0.2, 0.25) is 0 Å². The van der Waals surface area contributed by atoms with E-state index < -0.39 is 110 Å². The van der Waals surface area contributed by atoms with Gasteiger partial charge >= 0.3 is 35.8 Å². The minimum atomic E-state index is -1.57. The largest absolute Gasteiger partial charge is 0.463 e. The molecule has 0 saturated carbocycles. The molecule has 0 amide bonds. The molecular weight excluding hydrogens is 656 g/mol. The molecule has 272 valence electrons. The Labute approximate surface area is 282 Å². The molecule has 2 saturated heterocycles. The monoisotopic (exact) mass is 698 g/mol. The third kappa shape index (κ3) is 11.7. The van der Waals surface area contributed by atoms with E-state index >= 15 is 0 Å². The molecule has 2 fully saturated rings. The van der Waals surface area contributed by atoms with Crippen molar-refractivity contribution in [2.24, 2.45) is 0 Å². The van der Waals surface area contributed by atoms with Crippen LogP contribution in [-0.4, -0.2) is 118 Å². The molecule has 2 aliphatic heterocycles. The van der Waals surface area contributed by atoms with Crippen molar-refractivity contribution in [3.05, 3.63) is 35.9 Å². The van der Waals surface area contributed by atoms with Crippen molar-refractivity contribution >= 4 is 35.8 Å². The number of benzene rings is 1. The Hall–Kier alpha value is -4.16. The summed E-state index contributed by atoms with van der Waals surface area (Å²) in [5.41, 5.74) is 0.789. The van der Waals surface area contributed by atoms with Gasteiger partial charge in [0.05, 0.1) is 13.2 Å². The van der Waals surface area contributed by atoms with E-state index in [0.29, 0.717) is 0 Å². The highest BCUT2D eigenvalue weighted by Crippen LogP contribution is 2.33. The predicted molar refractivity (Wildman–Crippen MR) is 160 cm³/mol. The number of carbonyl (C=O) groups is 6. The Morgan fingerprint density at radius 1 is 0.531 bits per heavy atom. The molecule has 10 atom stereocenters. The molecule has 49 heavy (non-hydrogen) atoms. The Morgan fingerprint density at radius 3 is 1.47 bits per heavy atom. The molecule has 17 nitrogen and oxygen atoms in total. The first-order valence-corrected chi connectivity index (χ1v) is 15.3. The van der Waals surface area contributed by atoms with Crippen LogP contribution in [0.2, 0.25) is 0 Å². The van der Waals surface area contributed by atoms with Crippen molar-refractivity contribution in [2.45, 2.75) is 110 Å². The second kappa shape index (κ2) is 18.6. The SMILES string of the molecule is CO[C@H]1O[C@H](CO[C@@H]2O[C@H](COC(C)=O)[C@H](OC(C)=O)[C@H](OC(C)=O)[C@H]2OC(C)=O)[C@@H](OC(C)=O)[C@H](OC(C)=O)[C@H]1OCc1ccccc1. The average Bonchev–Trinajstić information content (AvgIpc) is 3.01. The molecule has 2 aliphatic rings. The van der Waals surface area contributed by atoms with Crippen LogP contribution in [0.3, 0.4) is 0 Å². The minimum Gasteiger partial charge on any atom is -0.463 e. The van der Waals surface area contributed by atoms with Crippen molar-refractivity contribution in [3.63, 3.8) is 0 Å². The lowest BCUT2D eigenvalue weighted by Crippen LogP contribution is -2.64. The number of hydrogen-bond donors (Lipinski definition) is 0. The third-order valence-corrected chi connectivity index (χ3v) is 7.09. The highest BCUT2D eigenvalue weighted by molar-refractivity contribution is 5.69. The fourth-order valence-electron chi connectivity index (χ4n) is 5.32. The average molecular weight is 699 g/mol. The van der Waals surface area contributed by atoms with Gasteiger partial charge in [0.25, 0.3) is 0 Å². The topological polar surface area (TPSA) is 204 Å². The van der Waals surface area contributed by atoms with Crippen LogP contribution in [0, 0.1) is 0 Å². The van der Waals surface area contributed by atoms with Gasteiger partial charge in [0.1, 0.15) is 24.9 Å². The van der Waals surface area contributed by atoms with Crippen LogP contribution in [0.25, 0.3) is 0 Å². The fraction of sp³-hybridized carbons (Fsp3) is 0.625. The molecular formula is C32H42O17. The summed E-state index contributed by atoms with van der Waals surface area (Å²) in [6.45, 7) is 5.80. The summed E-state index contributed by atoms with van der Waals surface area (Å²) in [6.07, 6.45) is -13.3. The summed E-state index contributed by atoms with van der Waals surface area (Å²) in [5, 5.41) is 0. The second-order valence-corrected chi connectivity index (χ2v) is 11.1. The lowest BCUT2D eigenvalue weighted by atomic mass is 9.97. The first-order chi connectivity index (χ1) is 23.2. The summed E-state index contributed by atoms with van der Waals surface area (Å²) in [6, 6.07) is 9.10. The van der Waals surface area contributed by atoms with Crippen LogP contribution in [0.1, 0.15) is 47.1 Å². The first kappa shape index (κ1) is 39.3. The molecule has 0 bridgehead atoms. The van der Waals surface area contributed by atoms with Crippen molar-refractivity contribution in [3.8, 4) is 0 Å². The van der Waals surface area contributed by atoms with E-state index in [1.807, 2.05) is 30.3 Å². The Kier molecular flexibility index (Phi) is 14.9. The zero-order valence-corrected chi connectivity index (χ0v) is 28.2. The summed E-state index contributed by atoms with van der Waals surface area (Å²) in [4.78, 5) is 72.6. The quantitative estimate of drug-likeness (QED) is 0.196. The highest BCUT2D eigenvalue weighted by Gasteiger charge is 2.55. The molecule has 2 heterocycles. The van der Waals surface area contributed by atoms with E-state index in [0.717, 1.165) is 40.2 Å². The number of carbonyl (C=O) groups excluding carboxylic acids is 6. The molecule has 1 aromatic carbocycles. The smallest absolute Gasteiger partial charge is 0.303 e. The Balaban J connectivity index is 1.96. The van der Waals surface area contributed by atoms with Gasteiger partial charge < -0.3 is 52.1 Å². The zero-order chi connectivity index (χ0) is 36.2. The highest BCUT2D eigenvalue weighted by atomic mass is 16.8. The third-order valence-electron chi connectivity index (χ3n) is 7.09. The Bertz CT molecular complexity index is 1300. The minimum absolute atomic E-state index is 0.0607. The summed E-state index contributed by atoms with van der Waals surface area (Å²) < 4.78 is 62.3. The molecule has 0 aromatic heterocycles. The van der Waals surface area contributed by atoms with Gasteiger partial charge in [0.15, 0.2) is 43.1 Å². The van der Waals surface area contributed by atoms with Crippen LogP contribution in [0.15, 0.2) is 30.3 Å². The van der Waals surface area contributed by atoms with Gasteiger partial charge in [-0.1, -0.05) is 30.3 Å². The van der Waals surface area contributed by atoms with Crippen LogP contribution in [0.5, 0.6) is 0 Å². The van der Waals surface area contributed by atoms with Gasteiger partial charge in [-0.05, 0) is 5.56 Å². The van der Waals surface area contributed by atoms with Gasteiger partial charge in [-0.25, -0.2) is 0 Å². The lowest BCUT2D eigenvalue weighted by Gasteiger charge is -2.46.